The Morgan fingerprint density at radius 2 is 1.76 bits per heavy atom. The molecule has 0 radical (unpaired) electrons. The summed E-state index contributed by atoms with van der Waals surface area (Å²) in [6, 6.07) is 5.77. The highest BCUT2D eigenvalue weighted by Crippen LogP contribution is 2.26. The van der Waals surface area contributed by atoms with E-state index in [1.807, 2.05) is 39.0 Å². The fourth-order valence-corrected chi connectivity index (χ4v) is 2.21. The Kier molecular flexibility index (Phi) is 5.57. The molecule has 3 nitrogen and oxygen atoms in total. The van der Waals surface area contributed by atoms with Crippen LogP contribution in [0.5, 0.6) is 0 Å². The van der Waals surface area contributed by atoms with Gasteiger partial charge in [-0.2, -0.15) is 0 Å². The van der Waals surface area contributed by atoms with E-state index in [1.165, 1.54) is 5.56 Å². The second kappa shape index (κ2) is 6.61. The van der Waals surface area contributed by atoms with Crippen LogP contribution in [0.4, 0.5) is 0 Å². The first kappa shape index (κ1) is 17.7. The molecule has 0 atom stereocenters. The fourth-order valence-electron chi connectivity index (χ4n) is 2.21. The van der Waals surface area contributed by atoms with Crippen LogP contribution in [0.25, 0.3) is 0 Å². The van der Waals surface area contributed by atoms with E-state index < -0.39 is 0 Å². The standard InChI is InChI=1S/C18H28O3/c1-13-12-14(8-9-15(13)17(2,3)4)16(19)21-11-10-18(5,6)20-7/h8-9,12H,10-11H2,1-7H3. The smallest absolute Gasteiger partial charge is 0.338 e. The molecule has 0 aliphatic rings. The number of methoxy groups -OCH3 is 1. The highest BCUT2D eigenvalue weighted by Gasteiger charge is 2.19. The van der Waals surface area contributed by atoms with E-state index in [2.05, 4.69) is 20.8 Å². The minimum atomic E-state index is -0.273. The Balaban J connectivity index is 2.70. The lowest BCUT2D eigenvalue weighted by atomic mass is 9.83. The van der Waals surface area contributed by atoms with Gasteiger partial charge in [0.1, 0.15) is 0 Å². The van der Waals surface area contributed by atoms with E-state index in [0.717, 1.165) is 5.56 Å². The molecule has 0 saturated carbocycles. The Hall–Kier alpha value is -1.35. The van der Waals surface area contributed by atoms with Crippen molar-refractivity contribution < 1.29 is 14.3 Å². The minimum absolute atomic E-state index is 0.0784. The summed E-state index contributed by atoms with van der Waals surface area (Å²) in [4.78, 5) is 12.1. The van der Waals surface area contributed by atoms with Crippen molar-refractivity contribution >= 4 is 5.97 Å². The molecule has 1 aromatic carbocycles. The molecule has 0 spiro atoms. The maximum absolute atomic E-state index is 12.1. The number of esters is 1. The zero-order valence-electron chi connectivity index (χ0n) is 14.4. The lowest BCUT2D eigenvalue weighted by Crippen LogP contribution is -2.25. The molecule has 0 aliphatic heterocycles. The van der Waals surface area contributed by atoms with Crippen molar-refractivity contribution in [2.75, 3.05) is 13.7 Å². The lowest BCUT2D eigenvalue weighted by molar-refractivity contribution is -0.00563. The van der Waals surface area contributed by atoms with E-state index in [4.69, 9.17) is 9.47 Å². The molecule has 0 N–H and O–H groups in total. The third-order valence-electron chi connectivity index (χ3n) is 3.76. The summed E-state index contributed by atoms with van der Waals surface area (Å²) in [5.41, 5.74) is 2.78. The molecule has 118 valence electrons. The molecule has 0 fully saturated rings. The van der Waals surface area contributed by atoms with Crippen LogP contribution >= 0.6 is 0 Å². The lowest BCUT2D eigenvalue weighted by Gasteiger charge is -2.23. The third-order valence-corrected chi connectivity index (χ3v) is 3.76. The van der Waals surface area contributed by atoms with Gasteiger partial charge in [0, 0.05) is 13.5 Å². The number of ether oxygens (including phenoxy) is 2. The number of rotatable bonds is 5. The predicted molar refractivity (Wildman–Crippen MR) is 85.9 cm³/mol. The van der Waals surface area contributed by atoms with Gasteiger partial charge in [-0.3, -0.25) is 0 Å². The van der Waals surface area contributed by atoms with Gasteiger partial charge in [0.15, 0.2) is 0 Å². The topological polar surface area (TPSA) is 35.5 Å². The Bertz CT molecular complexity index is 496. The van der Waals surface area contributed by atoms with E-state index >= 15 is 0 Å². The second-order valence-corrected chi connectivity index (χ2v) is 7.13. The van der Waals surface area contributed by atoms with Crippen LogP contribution in [0.3, 0.4) is 0 Å². The molecule has 0 aliphatic carbocycles. The average molecular weight is 292 g/mol. The van der Waals surface area contributed by atoms with Gasteiger partial charge in [-0.25, -0.2) is 4.79 Å². The monoisotopic (exact) mass is 292 g/mol. The SMILES string of the molecule is COC(C)(C)CCOC(=O)c1ccc(C(C)(C)C)c(C)c1. The van der Waals surface area contributed by atoms with Crippen LogP contribution in [-0.2, 0) is 14.9 Å². The van der Waals surface area contributed by atoms with Gasteiger partial charge in [-0.15, -0.1) is 0 Å². The summed E-state index contributed by atoms with van der Waals surface area (Å²) in [5, 5.41) is 0. The molecular weight excluding hydrogens is 264 g/mol. The first-order valence-corrected chi connectivity index (χ1v) is 7.40. The van der Waals surface area contributed by atoms with Gasteiger partial charge in [-0.1, -0.05) is 26.8 Å². The largest absolute Gasteiger partial charge is 0.462 e. The zero-order valence-corrected chi connectivity index (χ0v) is 14.4. The Morgan fingerprint density at radius 3 is 2.24 bits per heavy atom. The second-order valence-electron chi connectivity index (χ2n) is 7.13. The Morgan fingerprint density at radius 1 is 1.14 bits per heavy atom. The quantitative estimate of drug-likeness (QED) is 0.760. The predicted octanol–water partition coefficient (Wildman–Crippen LogP) is 4.26. The molecule has 1 aromatic rings. The van der Waals surface area contributed by atoms with Crippen LogP contribution < -0.4 is 0 Å². The number of aryl methyl sites for hydroxylation is 1. The summed E-state index contributed by atoms with van der Waals surface area (Å²) in [7, 11) is 1.66. The molecule has 1 rings (SSSR count). The number of hydrogen-bond acceptors (Lipinski definition) is 3. The summed E-state index contributed by atoms with van der Waals surface area (Å²) >= 11 is 0. The Labute approximate surface area is 128 Å². The minimum Gasteiger partial charge on any atom is -0.462 e. The molecule has 0 bridgehead atoms. The maximum Gasteiger partial charge on any atom is 0.338 e. The van der Waals surface area contributed by atoms with Crippen molar-refractivity contribution in [3.05, 3.63) is 34.9 Å². The highest BCUT2D eigenvalue weighted by atomic mass is 16.5. The van der Waals surface area contributed by atoms with Crippen LogP contribution in [-0.4, -0.2) is 25.3 Å². The molecule has 0 aromatic heterocycles. The van der Waals surface area contributed by atoms with Gasteiger partial charge in [-0.05, 0) is 49.4 Å². The van der Waals surface area contributed by atoms with Crippen molar-refractivity contribution in [1.82, 2.24) is 0 Å². The molecule has 0 unspecified atom stereocenters. The van der Waals surface area contributed by atoms with Crippen molar-refractivity contribution in [3.63, 3.8) is 0 Å². The van der Waals surface area contributed by atoms with Crippen LogP contribution in [0, 0.1) is 6.92 Å². The normalized spacial score (nSPS) is 12.3. The molecule has 3 heteroatoms. The van der Waals surface area contributed by atoms with Gasteiger partial charge in [0.25, 0.3) is 0 Å². The van der Waals surface area contributed by atoms with Crippen molar-refractivity contribution in [1.29, 1.82) is 0 Å². The van der Waals surface area contributed by atoms with Crippen LogP contribution in [0.15, 0.2) is 18.2 Å². The molecule has 21 heavy (non-hydrogen) atoms. The third kappa shape index (κ3) is 5.16. The van der Waals surface area contributed by atoms with E-state index in [1.54, 1.807) is 7.11 Å². The summed E-state index contributed by atoms with van der Waals surface area (Å²) < 4.78 is 10.6. The van der Waals surface area contributed by atoms with E-state index in [0.29, 0.717) is 18.6 Å². The van der Waals surface area contributed by atoms with Gasteiger partial charge in [0.05, 0.1) is 17.8 Å². The van der Waals surface area contributed by atoms with Crippen LogP contribution in [0.1, 0.15) is 62.5 Å². The molecule has 0 amide bonds. The molecular formula is C18H28O3. The van der Waals surface area contributed by atoms with E-state index in [-0.39, 0.29) is 17.0 Å². The highest BCUT2D eigenvalue weighted by molar-refractivity contribution is 5.89. The molecule has 0 heterocycles. The number of hydrogen-bond donors (Lipinski definition) is 0. The first-order valence-electron chi connectivity index (χ1n) is 7.40. The fraction of sp³-hybridized carbons (Fsp3) is 0.611. The van der Waals surface area contributed by atoms with Gasteiger partial charge < -0.3 is 9.47 Å². The van der Waals surface area contributed by atoms with Gasteiger partial charge in [0.2, 0.25) is 0 Å². The summed E-state index contributed by atoms with van der Waals surface area (Å²) in [5.74, 6) is -0.273. The molecule has 0 saturated heterocycles. The van der Waals surface area contributed by atoms with Crippen molar-refractivity contribution in [2.24, 2.45) is 0 Å². The zero-order chi connectivity index (χ0) is 16.3. The van der Waals surface area contributed by atoms with Crippen molar-refractivity contribution in [2.45, 2.75) is 59.0 Å². The van der Waals surface area contributed by atoms with E-state index in [9.17, 15) is 4.79 Å². The van der Waals surface area contributed by atoms with Crippen molar-refractivity contribution in [3.8, 4) is 0 Å². The average Bonchev–Trinajstić information content (AvgIpc) is 2.36. The number of benzene rings is 1. The van der Waals surface area contributed by atoms with Gasteiger partial charge >= 0.3 is 5.97 Å². The number of carbonyl (C=O) groups is 1. The summed E-state index contributed by atoms with van der Waals surface area (Å²) in [6.45, 7) is 12.8. The maximum atomic E-state index is 12.1. The first-order chi connectivity index (χ1) is 9.57. The number of carbonyl (C=O) groups excluding carboxylic acids is 1. The summed E-state index contributed by atoms with van der Waals surface area (Å²) in [6.07, 6.45) is 0.675. The van der Waals surface area contributed by atoms with Crippen LogP contribution in [0.2, 0.25) is 0 Å².